The molecule has 1 aromatic rings. The predicted octanol–water partition coefficient (Wildman–Crippen LogP) is 2.02. The van der Waals surface area contributed by atoms with Crippen LogP contribution in [0, 0.1) is 6.92 Å². The van der Waals surface area contributed by atoms with Gasteiger partial charge in [-0.1, -0.05) is 17.7 Å². The van der Waals surface area contributed by atoms with Gasteiger partial charge in [0.2, 0.25) is 10.0 Å². The third-order valence-corrected chi connectivity index (χ3v) is 5.18. The zero-order valence-corrected chi connectivity index (χ0v) is 11.3. The van der Waals surface area contributed by atoms with Crippen LogP contribution in [0.5, 0.6) is 0 Å². The summed E-state index contributed by atoms with van der Waals surface area (Å²) in [5, 5.41) is 0.457. The average Bonchev–Trinajstić information content (AvgIpc) is 2.69. The van der Waals surface area contributed by atoms with E-state index >= 15 is 0 Å². The largest absolute Gasteiger partial charge is 0.361 e. The van der Waals surface area contributed by atoms with E-state index in [1.807, 2.05) is 6.92 Å². The van der Waals surface area contributed by atoms with E-state index in [1.165, 1.54) is 10.4 Å². The highest BCUT2D eigenvalue weighted by atomic mass is 35.5. The van der Waals surface area contributed by atoms with E-state index < -0.39 is 16.3 Å². The van der Waals surface area contributed by atoms with E-state index in [1.54, 1.807) is 19.1 Å². The zero-order valence-electron chi connectivity index (χ0n) is 9.68. The molecule has 1 aromatic carbocycles. The van der Waals surface area contributed by atoms with Crippen molar-refractivity contribution >= 4 is 21.6 Å². The Balaban J connectivity index is 2.41. The van der Waals surface area contributed by atoms with Crippen molar-refractivity contribution in [2.24, 2.45) is 0 Å². The quantitative estimate of drug-likeness (QED) is 0.830. The molecular weight excluding hydrogens is 262 g/mol. The minimum Gasteiger partial charge on any atom is -0.361 e. The Morgan fingerprint density at radius 1 is 1.47 bits per heavy atom. The monoisotopic (exact) mass is 275 g/mol. The molecule has 0 spiro atoms. The second-order valence-corrected chi connectivity index (χ2v) is 6.29. The van der Waals surface area contributed by atoms with Crippen LogP contribution in [0.15, 0.2) is 23.1 Å². The molecule has 1 saturated heterocycles. The van der Waals surface area contributed by atoms with Gasteiger partial charge in [0.25, 0.3) is 0 Å². The van der Waals surface area contributed by atoms with Crippen LogP contribution < -0.4 is 0 Å². The Bertz CT molecular complexity index is 530. The number of nitrogens with zero attached hydrogens (tertiary/aromatic N) is 1. The molecule has 1 aliphatic rings. The molecule has 1 unspecified atom stereocenters. The summed E-state index contributed by atoms with van der Waals surface area (Å²) in [6.45, 7) is 4.37. The number of hydrogen-bond acceptors (Lipinski definition) is 3. The molecule has 0 radical (unpaired) electrons. The van der Waals surface area contributed by atoms with Crippen molar-refractivity contribution in [2.75, 3.05) is 13.2 Å². The Morgan fingerprint density at radius 3 is 2.71 bits per heavy atom. The Labute approximate surface area is 106 Å². The molecule has 0 amide bonds. The fraction of sp³-hybridized carbons (Fsp3) is 0.455. The van der Waals surface area contributed by atoms with Crippen LogP contribution in [-0.4, -0.2) is 32.1 Å². The zero-order chi connectivity index (χ0) is 12.6. The van der Waals surface area contributed by atoms with Crippen LogP contribution in [0.25, 0.3) is 0 Å². The lowest BCUT2D eigenvalue weighted by molar-refractivity contribution is 0.0846. The third-order valence-electron chi connectivity index (χ3n) is 2.83. The van der Waals surface area contributed by atoms with Crippen LogP contribution in [0.4, 0.5) is 0 Å². The first-order chi connectivity index (χ1) is 7.93. The number of rotatable bonds is 2. The normalized spacial score (nSPS) is 21.9. The number of halogens is 1. The predicted molar refractivity (Wildman–Crippen MR) is 65.5 cm³/mol. The van der Waals surface area contributed by atoms with Crippen LogP contribution in [0.1, 0.15) is 12.5 Å². The van der Waals surface area contributed by atoms with E-state index in [2.05, 4.69) is 0 Å². The molecule has 2 rings (SSSR count). The van der Waals surface area contributed by atoms with Gasteiger partial charge in [0, 0.05) is 11.6 Å². The summed E-state index contributed by atoms with van der Waals surface area (Å²) in [6, 6.07) is 4.76. The van der Waals surface area contributed by atoms with Gasteiger partial charge in [0.05, 0.1) is 11.5 Å². The van der Waals surface area contributed by atoms with Crippen molar-refractivity contribution in [3.8, 4) is 0 Å². The third kappa shape index (κ3) is 2.33. The van der Waals surface area contributed by atoms with Gasteiger partial charge in [0.15, 0.2) is 0 Å². The highest BCUT2D eigenvalue weighted by molar-refractivity contribution is 7.89. The van der Waals surface area contributed by atoms with E-state index in [0.717, 1.165) is 5.56 Å². The summed E-state index contributed by atoms with van der Waals surface area (Å²) in [5.74, 6) is 0. The minimum atomic E-state index is -3.50. The van der Waals surface area contributed by atoms with Crippen LogP contribution in [0.3, 0.4) is 0 Å². The van der Waals surface area contributed by atoms with E-state index in [9.17, 15) is 8.42 Å². The van der Waals surface area contributed by atoms with E-state index in [4.69, 9.17) is 16.3 Å². The first-order valence-electron chi connectivity index (χ1n) is 5.32. The highest BCUT2D eigenvalue weighted by Gasteiger charge is 2.33. The summed E-state index contributed by atoms with van der Waals surface area (Å²) in [7, 11) is -3.50. The molecule has 1 heterocycles. The molecule has 0 bridgehead atoms. The fourth-order valence-corrected chi connectivity index (χ4v) is 3.55. The van der Waals surface area contributed by atoms with Gasteiger partial charge in [0.1, 0.15) is 6.23 Å². The lowest BCUT2D eigenvalue weighted by atomic mass is 10.2. The molecule has 4 nitrogen and oxygen atoms in total. The van der Waals surface area contributed by atoms with Crippen molar-refractivity contribution in [3.05, 3.63) is 28.8 Å². The summed E-state index contributed by atoms with van der Waals surface area (Å²) < 4.78 is 31.2. The Morgan fingerprint density at radius 2 is 2.18 bits per heavy atom. The summed E-state index contributed by atoms with van der Waals surface area (Å²) in [6.07, 6.45) is -0.417. The summed E-state index contributed by atoms with van der Waals surface area (Å²) in [4.78, 5) is 0.213. The SMILES string of the molecule is Cc1ccc(S(=O)(=O)N2CCOC2C)cc1Cl. The van der Waals surface area contributed by atoms with Crippen molar-refractivity contribution in [3.63, 3.8) is 0 Å². The highest BCUT2D eigenvalue weighted by Crippen LogP contribution is 2.25. The number of hydrogen-bond donors (Lipinski definition) is 0. The van der Waals surface area contributed by atoms with Gasteiger partial charge in [-0.25, -0.2) is 8.42 Å². The van der Waals surface area contributed by atoms with Gasteiger partial charge in [-0.3, -0.25) is 0 Å². The standard InChI is InChI=1S/C11H14ClNO3S/c1-8-3-4-10(7-11(8)12)17(14,15)13-5-6-16-9(13)2/h3-4,7,9H,5-6H2,1-2H3. The fourth-order valence-electron chi connectivity index (χ4n) is 1.76. The number of benzene rings is 1. The number of sulfonamides is 1. The minimum absolute atomic E-state index is 0.213. The first kappa shape index (κ1) is 12.8. The van der Waals surface area contributed by atoms with Gasteiger partial charge < -0.3 is 4.74 Å². The molecule has 0 aliphatic carbocycles. The van der Waals surface area contributed by atoms with Gasteiger partial charge in [-0.2, -0.15) is 4.31 Å². The summed E-state index contributed by atoms with van der Waals surface area (Å²) >= 11 is 5.95. The second kappa shape index (κ2) is 4.57. The lowest BCUT2D eigenvalue weighted by Crippen LogP contribution is -2.34. The van der Waals surface area contributed by atoms with Gasteiger partial charge in [-0.15, -0.1) is 0 Å². The maximum absolute atomic E-state index is 12.3. The first-order valence-corrected chi connectivity index (χ1v) is 7.14. The molecule has 94 valence electrons. The molecule has 1 aliphatic heterocycles. The molecule has 0 saturated carbocycles. The molecule has 0 aromatic heterocycles. The molecule has 0 N–H and O–H groups in total. The van der Waals surface area contributed by atoms with Gasteiger partial charge in [-0.05, 0) is 31.5 Å². The maximum Gasteiger partial charge on any atom is 0.245 e. The van der Waals surface area contributed by atoms with Gasteiger partial charge >= 0.3 is 0 Å². The molecule has 17 heavy (non-hydrogen) atoms. The molecular formula is C11H14ClNO3S. The van der Waals surface area contributed by atoms with Crippen LogP contribution >= 0.6 is 11.6 Å². The van der Waals surface area contributed by atoms with Crippen molar-refractivity contribution in [1.29, 1.82) is 0 Å². The second-order valence-electron chi connectivity index (χ2n) is 4.00. The molecule has 1 fully saturated rings. The summed E-state index contributed by atoms with van der Waals surface area (Å²) in [5.41, 5.74) is 0.858. The molecule has 6 heteroatoms. The number of aryl methyl sites for hydroxylation is 1. The Kier molecular flexibility index (Phi) is 3.45. The van der Waals surface area contributed by atoms with E-state index in [-0.39, 0.29) is 4.90 Å². The van der Waals surface area contributed by atoms with Crippen molar-refractivity contribution in [2.45, 2.75) is 25.0 Å². The van der Waals surface area contributed by atoms with Crippen molar-refractivity contribution < 1.29 is 13.2 Å². The topological polar surface area (TPSA) is 46.6 Å². The smallest absolute Gasteiger partial charge is 0.245 e. The average molecular weight is 276 g/mol. The maximum atomic E-state index is 12.3. The van der Waals surface area contributed by atoms with Crippen LogP contribution in [0.2, 0.25) is 5.02 Å². The number of ether oxygens (including phenoxy) is 1. The lowest BCUT2D eigenvalue weighted by Gasteiger charge is -2.19. The Hall–Kier alpha value is -0.620. The van der Waals surface area contributed by atoms with Crippen LogP contribution in [-0.2, 0) is 14.8 Å². The van der Waals surface area contributed by atoms with Crippen molar-refractivity contribution in [1.82, 2.24) is 4.31 Å². The molecule has 1 atom stereocenters. The van der Waals surface area contributed by atoms with E-state index in [0.29, 0.717) is 18.2 Å².